The van der Waals surface area contributed by atoms with Crippen molar-refractivity contribution in [1.82, 2.24) is 0 Å². The maximum absolute atomic E-state index is 2.42. The summed E-state index contributed by atoms with van der Waals surface area (Å²) in [6, 6.07) is 81.8. The van der Waals surface area contributed by atoms with Gasteiger partial charge in [0.05, 0.1) is 0 Å². The molecule has 0 atom stereocenters. The highest BCUT2D eigenvalue weighted by Crippen LogP contribution is 2.48. The highest BCUT2D eigenvalue weighted by Gasteiger charge is 2.23. The van der Waals surface area contributed by atoms with Gasteiger partial charge in [-0.2, -0.15) is 0 Å². The Labute approximate surface area is 353 Å². The lowest BCUT2D eigenvalue weighted by Crippen LogP contribution is -2.11. The van der Waals surface area contributed by atoms with Crippen LogP contribution in [0, 0.1) is 0 Å². The maximum atomic E-state index is 2.42. The quantitative estimate of drug-likeness (QED) is 0.142. The third kappa shape index (κ3) is 6.86. The van der Waals surface area contributed by atoms with Crippen molar-refractivity contribution in [2.45, 2.75) is 26.2 Å². The van der Waals surface area contributed by atoms with Crippen LogP contribution in [0.1, 0.15) is 26.3 Å². The zero-order valence-corrected chi connectivity index (χ0v) is 34.3. The van der Waals surface area contributed by atoms with Gasteiger partial charge >= 0.3 is 0 Å². The topological polar surface area (TPSA) is 6.48 Å². The fraction of sp³-hybridized carbons (Fsp3) is 0.0690. The molecule has 0 unspecified atom stereocenters. The monoisotopic (exact) mass is 770 g/mol. The van der Waals surface area contributed by atoms with E-state index in [9.17, 15) is 0 Å². The molecule has 0 N–H and O–H groups in total. The molecule has 0 aromatic heterocycles. The Morgan fingerprint density at radius 3 is 1.15 bits per heavy atom. The zero-order valence-electron chi connectivity index (χ0n) is 34.3. The predicted octanol–water partition coefficient (Wildman–Crippen LogP) is 16.7. The Balaban J connectivity index is 1.29. The zero-order chi connectivity index (χ0) is 40.6. The van der Waals surface area contributed by atoms with Crippen molar-refractivity contribution in [3.05, 3.63) is 230 Å². The van der Waals surface area contributed by atoms with Crippen LogP contribution in [0.5, 0.6) is 0 Å². The molecule has 60 heavy (non-hydrogen) atoms. The summed E-state index contributed by atoms with van der Waals surface area (Å²) >= 11 is 0. The van der Waals surface area contributed by atoms with Gasteiger partial charge in [0.15, 0.2) is 0 Å². The van der Waals surface area contributed by atoms with Crippen LogP contribution in [-0.2, 0) is 5.41 Å². The molecule has 0 bridgehead atoms. The highest BCUT2D eigenvalue weighted by molar-refractivity contribution is 6.22. The number of hydrogen-bond donors (Lipinski definition) is 0. The molecule has 288 valence electrons. The van der Waals surface area contributed by atoms with Gasteiger partial charge in [-0.3, -0.25) is 0 Å². The van der Waals surface area contributed by atoms with Crippen LogP contribution < -0.4 is 9.80 Å². The van der Waals surface area contributed by atoms with E-state index in [2.05, 4.69) is 255 Å². The third-order valence-corrected chi connectivity index (χ3v) is 11.7. The van der Waals surface area contributed by atoms with Crippen molar-refractivity contribution in [3.63, 3.8) is 0 Å². The first-order valence-corrected chi connectivity index (χ1v) is 20.8. The van der Waals surface area contributed by atoms with Crippen molar-refractivity contribution >= 4 is 66.4 Å². The van der Waals surface area contributed by atoms with Crippen molar-refractivity contribution in [2.24, 2.45) is 0 Å². The van der Waals surface area contributed by atoms with E-state index >= 15 is 0 Å². The van der Waals surface area contributed by atoms with Crippen LogP contribution in [0.15, 0.2) is 224 Å². The minimum atomic E-state index is 0.0391. The molecular weight excluding hydrogens is 725 g/mol. The van der Waals surface area contributed by atoms with Gasteiger partial charge in [-0.25, -0.2) is 0 Å². The summed E-state index contributed by atoms with van der Waals surface area (Å²) in [5.74, 6) is 0. The molecule has 0 aliphatic carbocycles. The summed E-state index contributed by atoms with van der Waals surface area (Å²) in [6.07, 6.45) is 0. The van der Waals surface area contributed by atoms with Crippen LogP contribution in [-0.4, -0.2) is 0 Å². The second-order valence-electron chi connectivity index (χ2n) is 16.6. The van der Waals surface area contributed by atoms with Crippen molar-refractivity contribution in [2.75, 3.05) is 9.80 Å². The molecule has 0 aliphatic heterocycles. The number of rotatable bonds is 8. The lowest BCUT2D eigenvalue weighted by molar-refractivity contribution is 0.590. The number of benzene rings is 10. The average Bonchev–Trinajstić information content (AvgIpc) is 3.29. The third-order valence-electron chi connectivity index (χ3n) is 11.7. The lowest BCUT2D eigenvalue weighted by Gasteiger charge is -2.28. The van der Waals surface area contributed by atoms with E-state index in [4.69, 9.17) is 0 Å². The Bertz CT molecular complexity index is 3060. The van der Waals surface area contributed by atoms with E-state index in [0.29, 0.717) is 0 Å². The van der Waals surface area contributed by atoms with E-state index in [-0.39, 0.29) is 5.41 Å². The molecule has 0 amide bonds. The normalized spacial score (nSPS) is 11.6. The van der Waals surface area contributed by atoms with Gasteiger partial charge in [0, 0.05) is 34.1 Å². The Kier molecular flexibility index (Phi) is 9.47. The van der Waals surface area contributed by atoms with E-state index in [1.165, 1.54) is 60.1 Å². The number of anilines is 6. The predicted molar refractivity (Wildman–Crippen MR) is 258 cm³/mol. The number of fused-ring (bicyclic) bond motifs is 3. The molecule has 0 saturated carbocycles. The number of nitrogens with zero attached hydrogens (tertiary/aromatic N) is 2. The van der Waals surface area contributed by atoms with Gasteiger partial charge in [-0.1, -0.05) is 172 Å². The molecule has 2 heteroatoms. The van der Waals surface area contributed by atoms with Gasteiger partial charge < -0.3 is 9.80 Å². The van der Waals surface area contributed by atoms with Gasteiger partial charge in [-0.15, -0.1) is 0 Å². The average molecular weight is 771 g/mol. The summed E-state index contributed by atoms with van der Waals surface area (Å²) < 4.78 is 0. The van der Waals surface area contributed by atoms with Gasteiger partial charge in [0.25, 0.3) is 0 Å². The Hall–Kier alpha value is -7.42. The molecule has 0 radical (unpaired) electrons. The van der Waals surface area contributed by atoms with Crippen molar-refractivity contribution in [3.8, 4) is 22.3 Å². The van der Waals surface area contributed by atoms with Gasteiger partial charge in [0.2, 0.25) is 0 Å². The Morgan fingerprint density at radius 2 is 0.667 bits per heavy atom. The minimum absolute atomic E-state index is 0.0391. The van der Waals surface area contributed by atoms with Crippen LogP contribution in [0.4, 0.5) is 34.1 Å². The van der Waals surface area contributed by atoms with E-state index in [0.717, 1.165) is 34.1 Å². The summed E-state index contributed by atoms with van der Waals surface area (Å²) in [5.41, 5.74) is 12.9. The molecule has 10 aromatic carbocycles. The first-order chi connectivity index (χ1) is 29.4. The second kappa shape index (κ2) is 15.4. The SMILES string of the molecule is CC(C)(C)c1ccc(-c2c3ccc(N(c4ccccc4)c4ccc5ccccc5c4)cc3c(-c3ccccc3)c3ccc(N(c4ccccc4)c4ccccc4)cc23)cc1. The first kappa shape index (κ1) is 36.9. The molecule has 0 aliphatic rings. The minimum Gasteiger partial charge on any atom is -0.310 e. The molecule has 10 rings (SSSR count). The van der Waals surface area contributed by atoms with Crippen LogP contribution in [0.2, 0.25) is 0 Å². The summed E-state index contributed by atoms with van der Waals surface area (Å²) in [7, 11) is 0. The molecular formula is C58H46N2. The van der Waals surface area contributed by atoms with E-state index < -0.39 is 0 Å². The summed E-state index contributed by atoms with van der Waals surface area (Å²) in [6.45, 7) is 6.85. The van der Waals surface area contributed by atoms with E-state index in [1.54, 1.807) is 0 Å². The Morgan fingerprint density at radius 1 is 0.283 bits per heavy atom. The van der Waals surface area contributed by atoms with Crippen LogP contribution in [0.3, 0.4) is 0 Å². The maximum Gasteiger partial charge on any atom is 0.0468 e. The van der Waals surface area contributed by atoms with E-state index in [1.807, 2.05) is 0 Å². The summed E-state index contributed by atoms with van der Waals surface area (Å²) in [5, 5.41) is 7.28. The molecule has 0 spiro atoms. The molecule has 2 nitrogen and oxygen atoms in total. The second-order valence-corrected chi connectivity index (χ2v) is 16.6. The van der Waals surface area contributed by atoms with Crippen molar-refractivity contribution in [1.29, 1.82) is 0 Å². The van der Waals surface area contributed by atoms with Crippen LogP contribution in [0.25, 0.3) is 54.6 Å². The first-order valence-electron chi connectivity index (χ1n) is 20.8. The van der Waals surface area contributed by atoms with Crippen LogP contribution >= 0.6 is 0 Å². The van der Waals surface area contributed by atoms with Gasteiger partial charge in [-0.05, 0) is 138 Å². The summed E-state index contributed by atoms with van der Waals surface area (Å²) in [4.78, 5) is 4.76. The number of hydrogen-bond acceptors (Lipinski definition) is 2. The fourth-order valence-corrected chi connectivity index (χ4v) is 8.79. The fourth-order valence-electron chi connectivity index (χ4n) is 8.79. The lowest BCUT2D eigenvalue weighted by atomic mass is 9.83. The number of para-hydroxylation sites is 3. The smallest absolute Gasteiger partial charge is 0.0468 e. The standard InChI is InChI=1S/C58H46N2/c1-58(2,3)45-31-28-43(29-32-45)57-53-37-35-51(60(48-26-14-7-15-27-48)49-33-30-41-18-16-17-21-44(41)38-49)40-54(53)56(42-19-8-4-9-20-42)52-36-34-50(39-55(52)57)59(46-22-10-5-11-23-46)47-24-12-6-13-25-47/h4-40H,1-3H3. The molecule has 0 saturated heterocycles. The molecule has 0 fully saturated rings. The highest BCUT2D eigenvalue weighted by atomic mass is 15.1. The molecule has 0 heterocycles. The largest absolute Gasteiger partial charge is 0.310 e. The van der Waals surface area contributed by atoms with Gasteiger partial charge in [0.1, 0.15) is 0 Å². The molecule has 10 aromatic rings. The van der Waals surface area contributed by atoms with Crippen molar-refractivity contribution < 1.29 is 0 Å².